The van der Waals surface area contributed by atoms with Gasteiger partial charge in [-0.1, -0.05) is 13.8 Å². The van der Waals surface area contributed by atoms with Crippen LogP contribution in [-0.2, 0) is 0 Å². The average molecular weight is 198 g/mol. The normalized spacial score (nSPS) is 58.5. The van der Waals surface area contributed by atoms with E-state index >= 15 is 0 Å². The van der Waals surface area contributed by atoms with Gasteiger partial charge in [0, 0.05) is 0 Å². The Morgan fingerprint density at radius 2 is 1.79 bits per heavy atom. The highest BCUT2D eigenvalue weighted by atomic mass is 16.3. The molecule has 0 aromatic rings. The van der Waals surface area contributed by atoms with Gasteiger partial charge in [0.2, 0.25) is 0 Å². The third kappa shape index (κ3) is 1.24. The van der Waals surface area contributed by atoms with Crippen LogP contribution in [0.15, 0.2) is 0 Å². The van der Waals surface area contributed by atoms with E-state index < -0.39 is 11.2 Å². The summed E-state index contributed by atoms with van der Waals surface area (Å²) >= 11 is 0. The molecule has 5 atom stereocenters. The molecule has 2 fully saturated rings. The van der Waals surface area contributed by atoms with Crippen molar-refractivity contribution in [1.82, 2.24) is 0 Å². The first kappa shape index (κ1) is 10.4. The summed E-state index contributed by atoms with van der Waals surface area (Å²) < 4.78 is 0. The number of hydrogen-bond acceptors (Lipinski definition) is 2. The first-order valence-corrected chi connectivity index (χ1v) is 5.82. The molecule has 0 aromatic carbocycles. The van der Waals surface area contributed by atoms with Crippen LogP contribution in [0.2, 0.25) is 0 Å². The lowest BCUT2D eigenvalue weighted by molar-refractivity contribution is -0.0493. The minimum Gasteiger partial charge on any atom is -0.390 e. The maximum absolute atomic E-state index is 10.6. The molecular weight excluding hydrogens is 176 g/mol. The molecule has 2 nitrogen and oxygen atoms in total. The largest absolute Gasteiger partial charge is 0.390 e. The maximum Gasteiger partial charge on any atom is 0.0702 e. The van der Waals surface area contributed by atoms with Gasteiger partial charge in [-0.2, -0.15) is 0 Å². The fraction of sp³-hybridized carbons (Fsp3) is 1.00. The lowest BCUT2D eigenvalue weighted by atomic mass is 9.79. The van der Waals surface area contributed by atoms with E-state index in [1.54, 1.807) is 0 Å². The van der Waals surface area contributed by atoms with Crippen LogP contribution in [0.25, 0.3) is 0 Å². The summed E-state index contributed by atoms with van der Waals surface area (Å²) in [7, 11) is 0. The van der Waals surface area contributed by atoms with Crippen molar-refractivity contribution in [2.24, 2.45) is 17.8 Å². The van der Waals surface area contributed by atoms with Gasteiger partial charge in [-0.25, -0.2) is 0 Å². The Bertz CT molecular complexity index is 236. The summed E-state index contributed by atoms with van der Waals surface area (Å²) in [5.74, 6) is 0.870. The van der Waals surface area contributed by atoms with Gasteiger partial charge in [-0.05, 0) is 50.4 Å². The second kappa shape index (κ2) is 2.96. The van der Waals surface area contributed by atoms with Gasteiger partial charge < -0.3 is 10.2 Å². The van der Waals surface area contributed by atoms with Crippen molar-refractivity contribution >= 4 is 0 Å². The number of hydrogen-bond donors (Lipinski definition) is 2. The maximum atomic E-state index is 10.6. The zero-order valence-corrected chi connectivity index (χ0v) is 9.45. The van der Waals surface area contributed by atoms with E-state index in [2.05, 4.69) is 13.8 Å². The molecule has 2 aliphatic carbocycles. The lowest BCUT2D eigenvalue weighted by Gasteiger charge is -2.33. The van der Waals surface area contributed by atoms with Crippen molar-refractivity contribution in [2.75, 3.05) is 0 Å². The molecular formula is C12H22O2. The third-order valence-corrected chi connectivity index (χ3v) is 4.91. The van der Waals surface area contributed by atoms with E-state index in [4.69, 9.17) is 0 Å². The van der Waals surface area contributed by atoms with Gasteiger partial charge in [0.15, 0.2) is 0 Å². The van der Waals surface area contributed by atoms with E-state index in [1.807, 2.05) is 6.92 Å². The Morgan fingerprint density at radius 3 is 2.43 bits per heavy atom. The Hall–Kier alpha value is -0.0800. The molecule has 2 aliphatic rings. The molecule has 2 N–H and O–H groups in total. The van der Waals surface area contributed by atoms with Gasteiger partial charge in [0.05, 0.1) is 11.2 Å². The zero-order chi connectivity index (χ0) is 10.6. The van der Waals surface area contributed by atoms with Crippen molar-refractivity contribution in [1.29, 1.82) is 0 Å². The predicted molar refractivity (Wildman–Crippen MR) is 55.9 cm³/mol. The van der Waals surface area contributed by atoms with Gasteiger partial charge in [-0.3, -0.25) is 0 Å². The zero-order valence-electron chi connectivity index (χ0n) is 9.45. The second-order valence-electron chi connectivity index (χ2n) is 5.73. The molecule has 14 heavy (non-hydrogen) atoms. The second-order valence-corrected chi connectivity index (χ2v) is 5.73. The van der Waals surface area contributed by atoms with Crippen LogP contribution in [0.5, 0.6) is 0 Å². The fourth-order valence-electron chi connectivity index (χ4n) is 3.77. The monoisotopic (exact) mass is 198 g/mol. The summed E-state index contributed by atoms with van der Waals surface area (Å²) in [5, 5.41) is 20.9. The molecule has 0 unspecified atom stereocenters. The van der Waals surface area contributed by atoms with E-state index in [-0.39, 0.29) is 11.8 Å². The number of fused-ring (bicyclic) bond motifs is 2. The van der Waals surface area contributed by atoms with Crippen molar-refractivity contribution in [3.05, 3.63) is 0 Å². The molecule has 0 heterocycles. The molecule has 82 valence electrons. The molecule has 0 amide bonds. The van der Waals surface area contributed by atoms with Crippen LogP contribution in [0.1, 0.15) is 46.5 Å². The highest BCUT2D eigenvalue weighted by Gasteiger charge is 2.56. The SMILES string of the molecule is C[C@@H]1[C@@H]2C[C@H](C)[C@@]1(O)CCC[C@]2(C)O. The number of aliphatic hydroxyl groups is 2. The van der Waals surface area contributed by atoms with E-state index in [9.17, 15) is 10.2 Å². The molecule has 0 radical (unpaired) electrons. The summed E-state index contributed by atoms with van der Waals surface area (Å²) in [6.07, 6.45) is 3.64. The van der Waals surface area contributed by atoms with E-state index in [1.165, 1.54) is 0 Å². The van der Waals surface area contributed by atoms with Gasteiger partial charge in [-0.15, -0.1) is 0 Å². The summed E-state index contributed by atoms with van der Waals surface area (Å²) in [5.41, 5.74) is -1.07. The molecule has 0 saturated heterocycles. The molecule has 0 spiro atoms. The lowest BCUT2D eigenvalue weighted by Crippen LogP contribution is -2.39. The topological polar surface area (TPSA) is 40.5 Å². The molecule has 2 rings (SSSR count). The fourth-order valence-corrected chi connectivity index (χ4v) is 3.77. The van der Waals surface area contributed by atoms with Crippen molar-refractivity contribution < 1.29 is 10.2 Å². The Morgan fingerprint density at radius 1 is 1.14 bits per heavy atom. The molecule has 2 bridgehead atoms. The summed E-state index contributed by atoms with van der Waals surface area (Å²) in [6.45, 7) is 6.17. The highest BCUT2D eigenvalue weighted by Crippen LogP contribution is 2.54. The van der Waals surface area contributed by atoms with Crippen LogP contribution >= 0.6 is 0 Å². The minimum atomic E-state index is -0.561. The van der Waals surface area contributed by atoms with Crippen LogP contribution in [0.3, 0.4) is 0 Å². The smallest absolute Gasteiger partial charge is 0.0702 e. The predicted octanol–water partition coefficient (Wildman–Crippen LogP) is 1.94. The van der Waals surface area contributed by atoms with Crippen molar-refractivity contribution in [2.45, 2.75) is 57.7 Å². The molecule has 0 aromatic heterocycles. The molecule has 0 aliphatic heterocycles. The first-order chi connectivity index (χ1) is 6.38. The van der Waals surface area contributed by atoms with Gasteiger partial charge in [0.1, 0.15) is 0 Å². The molecule has 2 heteroatoms. The number of rotatable bonds is 0. The average Bonchev–Trinajstić information content (AvgIpc) is 2.25. The first-order valence-electron chi connectivity index (χ1n) is 5.82. The van der Waals surface area contributed by atoms with Crippen LogP contribution in [0.4, 0.5) is 0 Å². The summed E-state index contributed by atoms with van der Waals surface area (Å²) in [6, 6.07) is 0. The van der Waals surface area contributed by atoms with Gasteiger partial charge in [0.25, 0.3) is 0 Å². The Balaban J connectivity index is 2.34. The minimum absolute atomic E-state index is 0.245. The standard InChI is InChI=1S/C12H22O2/c1-8-7-10-9(2)12(8,14)6-4-5-11(10,3)13/h8-10,13-14H,4-7H2,1-3H3/t8-,9+,10-,11-,12-/m0/s1. The quantitative estimate of drug-likeness (QED) is 0.624. The van der Waals surface area contributed by atoms with Crippen LogP contribution < -0.4 is 0 Å². The Labute approximate surface area is 86.3 Å². The van der Waals surface area contributed by atoms with E-state index in [0.717, 1.165) is 25.7 Å². The van der Waals surface area contributed by atoms with Gasteiger partial charge >= 0.3 is 0 Å². The Kier molecular flexibility index (Phi) is 2.20. The summed E-state index contributed by atoms with van der Waals surface area (Å²) in [4.78, 5) is 0. The van der Waals surface area contributed by atoms with Crippen LogP contribution in [0, 0.1) is 17.8 Å². The third-order valence-electron chi connectivity index (χ3n) is 4.91. The van der Waals surface area contributed by atoms with Crippen molar-refractivity contribution in [3.8, 4) is 0 Å². The van der Waals surface area contributed by atoms with Crippen LogP contribution in [-0.4, -0.2) is 21.4 Å². The molecule has 2 saturated carbocycles. The van der Waals surface area contributed by atoms with E-state index in [0.29, 0.717) is 5.92 Å². The van der Waals surface area contributed by atoms with Crippen molar-refractivity contribution in [3.63, 3.8) is 0 Å². The highest BCUT2D eigenvalue weighted by molar-refractivity contribution is 5.06.